The molecule has 0 bridgehead atoms. The van der Waals surface area contributed by atoms with Gasteiger partial charge in [-0.05, 0) is 13.8 Å². The molecule has 0 aromatic heterocycles. The molecule has 5 heterocycles. The lowest BCUT2D eigenvalue weighted by Crippen LogP contribution is -2.71. The van der Waals surface area contributed by atoms with Crippen LogP contribution in [0.2, 0.25) is 0 Å². The highest BCUT2D eigenvalue weighted by atomic mass is 16.8. The number of methoxy groups -OCH3 is 1. The van der Waals surface area contributed by atoms with Gasteiger partial charge in [0.25, 0.3) is 0 Å². The number of nitrogens with two attached hydrogens (primary N) is 1. The van der Waals surface area contributed by atoms with Crippen LogP contribution in [0.1, 0.15) is 13.8 Å². The second-order valence-corrected chi connectivity index (χ2v) is 15.5. The normalized spacial score (nSPS) is 50.3. The number of ether oxygens (including phenoxy) is 10. The molecule has 5 fully saturated rings. The van der Waals surface area contributed by atoms with E-state index in [1.165, 1.54) is 21.0 Å². The van der Waals surface area contributed by atoms with Crippen LogP contribution in [-0.2, 0) is 52.2 Å². The first-order valence-corrected chi connectivity index (χ1v) is 19.5. The van der Waals surface area contributed by atoms with Crippen molar-refractivity contribution in [2.24, 2.45) is 5.73 Å². The summed E-state index contributed by atoms with van der Waals surface area (Å²) in [6.45, 7) is -0.669. The van der Waals surface area contributed by atoms with Gasteiger partial charge in [-0.3, -0.25) is 10.1 Å². The molecule has 356 valence electrons. The Hall–Kier alpha value is -1.53. The van der Waals surface area contributed by atoms with Crippen molar-refractivity contribution in [1.82, 2.24) is 5.32 Å². The standard InChI is InChI=1S/C34H60N2O25/c1-8(29(35)51)36-14-27(26(12(6-39)57-30(14)52-3)59-33-24(49)21(46)17(42)11(5-38)56-33)60-34-25(50)28(61-32-23(48)19(44)15(40)9(2)54-32)18(43)13(58-34)7-53-31-22(47)20(45)16(41)10(4-37)55-31/h8-28,30-34,36-50H,4-7H2,1-3H3,(H2,35,51)/t8?,9?,10?,11?,12?,13?,14?,15-,16+,17+,18+,19-,20-,21-,22?,23?,24?,25?,26-,27+,28-,30+,31-,32-,33+,34-/m0/s1. The lowest BCUT2D eigenvalue weighted by Gasteiger charge is -2.51. The summed E-state index contributed by atoms with van der Waals surface area (Å²) in [5.74, 6) is -0.896. The molecule has 0 aromatic carbocycles. The Labute approximate surface area is 347 Å². The van der Waals surface area contributed by atoms with Crippen molar-refractivity contribution < 1.29 is 124 Å². The molecule has 17 N–H and O–H groups in total. The van der Waals surface area contributed by atoms with Gasteiger partial charge < -0.3 is 125 Å². The highest BCUT2D eigenvalue weighted by Gasteiger charge is 2.57. The fraction of sp³-hybridized carbons (Fsp3) is 0.971. The van der Waals surface area contributed by atoms with Gasteiger partial charge in [-0.15, -0.1) is 0 Å². The van der Waals surface area contributed by atoms with Crippen molar-refractivity contribution in [3.63, 3.8) is 0 Å². The van der Waals surface area contributed by atoms with Crippen LogP contribution in [0.15, 0.2) is 0 Å². The maximum atomic E-state index is 12.3. The van der Waals surface area contributed by atoms with E-state index in [4.69, 9.17) is 53.1 Å². The summed E-state index contributed by atoms with van der Waals surface area (Å²) in [6, 6.07) is -2.60. The molecule has 26 atom stereocenters. The molecule has 27 nitrogen and oxygen atoms in total. The summed E-state index contributed by atoms with van der Waals surface area (Å²) in [5.41, 5.74) is 5.54. The fourth-order valence-corrected chi connectivity index (χ4v) is 7.60. The molecular formula is C34H60N2O25. The van der Waals surface area contributed by atoms with Gasteiger partial charge in [-0.1, -0.05) is 0 Å². The van der Waals surface area contributed by atoms with E-state index in [9.17, 15) is 76.3 Å². The number of nitrogens with one attached hydrogen (secondary N) is 1. The van der Waals surface area contributed by atoms with Gasteiger partial charge in [0.05, 0.1) is 44.6 Å². The molecule has 61 heavy (non-hydrogen) atoms. The Balaban J connectivity index is 1.52. The molecule has 0 radical (unpaired) electrons. The number of carbonyl (C=O) groups is 1. The highest BCUT2D eigenvalue weighted by molar-refractivity contribution is 5.79. The van der Waals surface area contributed by atoms with Crippen LogP contribution in [0.5, 0.6) is 0 Å². The van der Waals surface area contributed by atoms with Crippen LogP contribution in [-0.4, -0.2) is 270 Å². The molecular weight excluding hydrogens is 836 g/mol. The maximum Gasteiger partial charge on any atom is 0.234 e. The highest BCUT2D eigenvalue weighted by Crippen LogP contribution is 2.36. The number of rotatable bonds is 16. The van der Waals surface area contributed by atoms with Crippen molar-refractivity contribution in [2.75, 3.05) is 33.5 Å². The van der Waals surface area contributed by atoms with Crippen molar-refractivity contribution >= 4 is 5.91 Å². The second kappa shape index (κ2) is 21.6. The molecule has 0 aliphatic carbocycles. The lowest BCUT2D eigenvalue weighted by atomic mass is 9.93. The number of aliphatic hydroxyl groups excluding tert-OH is 14. The summed E-state index contributed by atoms with van der Waals surface area (Å²) >= 11 is 0. The molecule has 0 spiro atoms. The van der Waals surface area contributed by atoms with E-state index >= 15 is 0 Å². The molecule has 0 aromatic rings. The summed E-state index contributed by atoms with van der Waals surface area (Å²) in [4.78, 5) is 12.3. The first-order valence-electron chi connectivity index (χ1n) is 19.5. The largest absolute Gasteiger partial charge is 0.394 e. The van der Waals surface area contributed by atoms with E-state index in [0.717, 1.165) is 0 Å². The number of carbonyl (C=O) groups excluding carboxylic acids is 1. The van der Waals surface area contributed by atoms with Gasteiger partial charge in [0.1, 0.15) is 110 Å². The predicted molar refractivity (Wildman–Crippen MR) is 189 cm³/mol. The van der Waals surface area contributed by atoms with Crippen LogP contribution in [0.25, 0.3) is 0 Å². The Morgan fingerprint density at radius 1 is 0.541 bits per heavy atom. The Morgan fingerprint density at radius 2 is 0.984 bits per heavy atom. The van der Waals surface area contributed by atoms with Crippen LogP contribution in [0.4, 0.5) is 0 Å². The van der Waals surface area contributed by atoms with Crippen LogP contribution in [0.3, 0.4) is 0 Å². The Bertz CT molecular complexity index is 1380. The van der Waals surface area contributed by atoms with Crippen molar-refractivity contribution in [3.05, 3.63) is 0 Å². The third-order valence-corrected chi connectivity index (χ3v) is 11.4. The minimum atomic E-state index is -2.13. The topological polar surface area (TPSA) is 431 Å². The summed E-state index contributed by atoms with van der Waals surface area (Å²) < 4.78 is 57.7. The first kappa shape index (κ1) is 50.5. The molecule has 5 aliphatic rings. The average molecular weight is 897 g/mol. The molecule has 11 unspecified atom stereocenters. The zero-order valence-electron chi connectivity index (χ0n) is 33.2. The van der Waals surface area contributed by atoms with Crippen LogP contribution < -0.4 is 11.1 Å². The lowest BCUT2D eigenvalue weighted by molar-refractivity contribution is -0.388. The SMILES string of the molecule is CO[C@@H]1OC(CO)[C@H](O[C@H]2OC(CO)[C@@H](O)[C@H](O)C2O)[C@H](O[C@@H]2OC(CO[C@H]3OC(CO)[C@@H](O)[C@H](O)C3O)[C@@H](O)[C@H](O[C@@H]3OC(C)[C@H](O)[C@H](O)C3O)C2O)C1NC(C)C(N)=O. The van der Waals surface area contributed by atoms with Crippen LogP contribution in [0, 0.1) is 0 Å². The molecule has 5 saturated heterocycles. The number of amides is 1. The summed E-state index contributed by atoms with van der Waals surface area (Å²) in [5, 5.41) is 151. The minimum Gasteiger partial charge on any atom is -0.394 e. The number of hydrogen-bond donors (Lipinski definition) is 16. The predicted octanol–water partition coefficient (Wildman–Crippen LogP) is -10.8. The maximum absolute atomic E-state index is 12.3. The molecule has 1 amide bonds. The average Bonchev–Trinajstić information content (AvgIpc) is 3.24. The van der Waals surface area contributed by atoms with Gasteiger partial charge >= 0.3 is 0 Å². The molecule has 0 saturated carbocycles. The van der Waals surface area contributed by atoms with E-state index in [1.54, 1.807) is 0 Å². The quantitative estimate of drug-likeness (QED) is 0.0684. The smallest absolute Gasteiger partial charge is 0.234 e. The second-order valence-electron chi connectivity index (χ2n) is 15.5. The van der Waals surface area contributed by atoms with Crippen molar-refractivity contribution in [3.8, 4) is 0 Å². The minimum absolute atomic E-state index is 0.805. The molecule has 27 heteroatoms. The third kappa shape index (κ3) is 10.8. The third-order valence-electron chi connectivity index (χ3n) is 11.4. The molecule has 5 rings (SSSR count). The number of aliphatic hydroxyl groups is 14. The summed E-state index contributed by atoms with van der Waals surface area (Å²) in [6.07, 6.45) is -42.3. The fourth-order valence-electron chi connectivity index (χ4n) is 7.60. The van der Waals surface area contributed by atoms with Crippen molar-refractivity contribution in [1.29, 1.82) is 0 Å². The zero-order chi connectivity index (χ0) is 45.2. The monoisotopic (exact) mass is 896 g/mol. The van der Waals surface area contributed by atoms with Gasteiger partial charge in [-0.25, -0.2) is 0 Å². The van der Waals surface area contributed by atoms with Gasteiger partial charge in [-0.2, -0.15) is 0 Å². The Morgan fingerprint density at radius 3 is 1.52 bits per heavy atom. The van der Waals surface area contributed by atoms with E-state index in [1.807, 2.05) is 0 Å². The van der Waals surface area contributed by atoms with Gasteiger partial charge in [0, 0.05) is 7.11 Å². The van der Waals surface area contributed by atoms with E-state index in [2.05, 4.69) is 5.32 Å². The van der Waals surface area contributed by atoms with Gasteiger partial charge in [0.2, 0.25) is 5.91 Å². The molecule has 5 aliphatic heterocycles. The van der Waals surface area contributed by atoms with E-state index in [0.29, 0.717) is 0 Å². The van der Waals surface area contributed by atoms with Gasteiger partial charge in [0.15, 0.2) is 31.5 Å². The number of hydrogen-bond acceptors (Lipinski definition) is 26. The van der Waals surface area contributed by atoms with Crippen LogP contribution >= 0.6 is 0 Å². The summed E-state index contributed by atoms with van der Waals surface area (Å²) in [7, 11) is 1.18. The van der Waals surface area contributed by atoms with E-state index < -0.39 is 192 Å². The Kier molecular flexibility index (Phi) is 17.9. The van der Waals surface area contributed by atoms with E-state index in [-0.39, 0.29) is 0 Å². The first-order chi connectivity index (χ1) is 28.8. The van der Waals surface area contributed by atoms with Crippen molar-refractivity contribution in [2.45, 2.75) is 173 Å². The number of primary amides is 1. The zero-order valence-corrected chi connectivity index (χ0v) is 33.2.